The number of nitrogens with one attached hydrogen (secondary N) is 2. The molecule has 35 heavy (non-hydrogen) atoms. The van der Waals surface area contributed by atoms with Crippen molar-refractivity contribution in [2.24, 2.45) is 12.8 Å². The number of aromatic nitrogens is 3. The lowest BCUT2D eigenvalue weighted by atomic mass is 10.0. The number of alkyl halides is 3. The Labute approximate surface area is 199 Å². The average Bonchev–Trinajstić information content (AvgIpc) is 3.45. The molecular weight excluding hydrogens is 457 g/mol. The van der Waals surface area contributed by atoms with Crippen LogP contribution in [0.25, 0.3) is 22.2 Å². The summed E-state index contributed by atoms with van der Waals surface area (Å²) in [6, 6.07) is 10.8. The van der Waals surface area contributed by atoms with Crippen LogP contribution in [-0.4, -0.2) is 39.8 Å². The Morgan fingerprint density at radius 3 is 2.63 bits per heavy atom. The minimum atomic E-state index is -4.35. The van der Waals surface area contributed by atoms with Gasteiger partial charge in [-0.25, -0.2) is 0 Å². The van der Waals surface area contributed by atoms with Gasteiger partial charge >= 0.3 is 6.18 Å². The van der Waals surface area contributed by atoms with E-state index in [-0.39, 0.29) is 6.04 Å². The number of aryl methyl sites for hydroxylation is 1. The van der Waals surface area contributed by atoms with Crippen molar-refractivity contribution < 1.29 is 18.0 Å². The van der Waals surface area contributed by atoms with Crippen molar-refractivity contribution in [3.8, 4) is 11.3 Å². The Morgan fingerprint density at radius 2 is 1.97 bits per heavy atom. The number of nitrogens with zero attached hydrogens (tertiary/aromatic N) is 3. The van der Waals surface area contributed by atoms with E-state index in [1.165, 1.54) is 12.1 Å². The van der Waals surface area contributed by atoms with Crippen LogP contribution in [0.15, 0.2) is 54.9 Å². The molecule has 182 valence electrons. The van der Waals surface area contributed by atoms with Gasteiger partial charge in [0, 0.05) is 60.4 Å². The molecule has 7 nitrogen and oxygen atoms in total. The Balaban J connectivity index is 1.43. The highest BCUT2D eigenvalue weighted by molar-refractivity contribution is 6.09. The minimum Gasteiger partial charge on any atom is -0.381 e. The van der Waals surface area contributed by atoms with Gasteiger partial charge in [-0.15, -0.1) is 0 Å². The van der Waals surface area contributed by atoms with E-state index in [4.69, 9.17) is 5.73 Å². The summed E-state index contributed by atoms with van der Waals surface area (Å²) in [6.45, 7) is 1.49. The number of carbonyl (C=O) groups excluding carboxylic acids is 1. The van der Waals surface area contributed by atoms with Crippen LogP contribution in [0.2, 0.25) is 0 Å². The van der Waals surface area contributed by atoms with E-state index in [1.54, 1.807) is 16.9 Å². The molecule has 4 aromatic rings. The molecular formula is C25H25F3N6O. The molecule has 0 saturated carbocycles. The lowest BCUT2D eigenvalue weighted by Crippen LogP contribution is -2.42. The second kappa shape index (κ2) is 8.68. The Hall–Kier alpha value is -3.95. The predicted molar refractivity (Wildman–Crippen MR) is 129 cm³/mol. The molecule has 1 saturated heterocycles. The molecule has 3 heterocycles. The van der Waals surface area contributed by atoms with Gasteiger partial charge in [-0.3, -0.25) is 9.48 Å². The van der Waals surface area contributed by atoms with Crippen molar-refractivity contribution in [1.29, 1.82) is 0 Å². The highest BCUT2D eigenvalue weighted by Gasteiger charge is 2.30. The van der Waals surface area contributed by atoms with E-state index in [2.05, 4.69) is 20.3 Å². The van der Waals surface area contributed by atoms with Gasteiger partial charge in [0.2, 0.25) is 0 Å². The number of hydrogen-bond acceptors (Lipinski definition) is 4. The molecule has 10 heteroatoms. The molecule has 0 bridgehead atoms. The topological polar surface area (TPSA) is 92.0 Å². The molecule has 0 unspecified atom stereocenters. The minimum absolute atomic E-state index is 0.0584. The molecule has 1 atom stereocenters. The standard InChI is InChI=1S/C25H25F3N6O/c1-33-13-15(12-30-33)21-11-20-22(9-8-19(24(29)35)23(20)32-21)34-10-2-3-18(14-34)31-17-6-4-16(5-7-17)25(26,27)28/h4-9,11-13,18,31-32H,2-3,10,14H2,1H3,(H2,29,35)/t18-/m1/s1. The van der Waals surface area contributed by atoms with Crippen molar-refractivity contribution in [2.75, 3.05) is 23.3 Å². The molecule has 1 aliphatic heterocycles. The average molecular weight is 483 g/mol. The Bertz CT molecular complexity index is 1370. The summed E-state index contributed by atoms with van der Waals surface area (Å²) in [7, 11) is 1.84. The maximum atomic E-state index is 12.9. The van der Waals surface area contributed by atoms with Crippen molar-refractivity contribution in [3.05, 3.63) is 66.0 Å². The molecule has 1 aliphatic rings. The SMILES string of the molecule is Cn1cc(-c2cc3c(N4CCC[C@@H](Nc5ccc(C(F)(F)F)cc5)C4)ccc(C(N)=O)c3[nH]2)cn1. The summed E-state index contributed by atoms with van der Waals surface area (Å²) in [5.41, 5.74) is 9.40. The van der Waals surface area contributed by atoms with Gasteiger partial charge in [0.1, 0.15) is 0 Å². The second-order valence-electron chi connectivity index (χ2n) is 8.88. The van der Waals surface area contributed by atoms with E-state index < -0.39 is 17.6 Å². The van der Waals surface area contributed by atoms with Crippen LogP contribution < -0.4 is 16.0 Å². The first-order valence-electron chi connectivity index (χ1n) is 11.3. The third-order valence-corrected chi connectivity index (χ3v) is 6.40. The van der Waals surface area contributed by atoms with Gasteiger partial charge in [0.15, 0.2) is 0 Å². The van der Waals surface area contributed by atoms with Crippen molar-refractivity contribution in [3.63, 3.8) is 0 Å². The van der Waals surface area contributed by atoms with Crippen LogP contribution >= 0.6 is 0 Å². The number of halogens is 3. The number of primary amides is 1. The van der Waals surface area contributed by atoms with Gasteiger partial charge < -0.3 is 20.9 Å². The van der Waals surface area contributed by atoms with Crippen LogP contribution in [-0.2, 0) is 13.2 Å². The number of fused-ring (bicyclic) bond motifs is 1. The third kappa shape index (κ3) is 4.55. The fourth-order valence-electron chi connectivity index (χ4n) is 4.71. The van der Waals surface area contributed by atoms with Crippen molar-refractivity contribution in [1.82, 2.24) is 14.8 Å². The summed E-state index contributed by atoms with van der Waals surface area (Å²) < 4.78 is 40.3. The largest absolute Gasteiger partial charge is 0.416 e. The molecule has 0 spiro atoms. The molecule has 2 aromatic carbocycles. The smallest absolute Gasteiger partial charge is 0.381 e. The highest BCUT2D eigenvalue weighted by atomic mass is 19.4. The fourth-order valence-corrected chi connectivity index (χ4v) is 4.71. The number of nitrogens with two attached hydrogens (primary N) is 1. The number of piperidine rings is 1. The Kier molecular flexibility index (Phi) is 5.66. The fraction of sp³-hybridized carbons (Fsp3) is 0.280. The molecule has 0 radical (unpaired) electrons. The Morgan fingerprint density at radius 1 is 1.20 bits per heavy atom. The normalized spacial score (nSPS) is 16.6. The first kappa shape index (κ1) is 22.8. The third-order valence-electron chi connectivity index (χ3n) is 6.40. The van der Waals surface area contributed by atoms with E-state index in [0.717, 1.165) is 53.9 Å². The van der Waals surface area contributed by atoms with Gasteiger partial charge in [0.25, 0.3) is 5.91 Å². The lowest BCUT2D eigenvalue weighted by Gasteiger charge is -2.35. The molecule has 2 aromatic heterocycles. The monoisotopic (exact) mass is 482 g/mol. The number of H-pyrrole nitrogens is 1. The second-order valence-corrected chi connectivity index (χ2v) is 8.88. The molecule has 5 rings (SSSR count). The molecule has 4 N–H and O–H groups in total. The van der Waals surface area contributed by atoms with Crippen LogP contribution in [0.3, 0.4) is 0 Å². The van der Waals surface area contributed by atoms with Crippen LogP contribution in [0, 0.1) is 0 Å². The zero-order valence-electron chi connectivity index (χ0n) is 19.1. The lowest BCUT2D eigenvalue weighted by molar-refractivity contribution is -0.137. The number of benzene rings is 2. The first-order chi connectivity index (χ1) is 16.7. The van der Waals surface area contributed by atoms with Gasteiger partial charge in [-0.05, 0) is 55.3 Å². The summed E-state index contributed by atoms with van der Waals surface area (Å²) in [6.07, 6.45) is 1.09. The van der Waals surface area contributed by atoms with Gasteiger partial charge in [-0.1, -0.05) is 0 Å². The summed E-state index contributed by atoms with van der Waals surface area (Å²) in [5, 5.41) is 8.48. The number of hydrogen-bond donors (Lipinski definition) is 3. The maximum Gasteiger partial charge on any atom is 0.416 e. The number of amides is 1. The van der Waals surface area contributed by atoms with E-state index >= 15 is 0 Å². The molecule has 0 aliphatic carbocycles. The van der Waals surface area contributed by atoms with Crippen LogP contribution in [0.1, 0.15) is 28.8 Å². The summed E-state index contributed by atoms with van der Waals surface area (Å²) in [4.78, 5) is 17.7. The zero-order valence-corrected chi connectivity index (χ0v) is 19.1. The van der Waals surface area contributed by atoms with E-state index in [0.29, 0.717) is 23.3 Å². The number of aromatic amines is 1. The first-order valence-corrected chi connectivity index (χ1v) is 11.3. The zero-order chi connectivity index (χ0) is 24.7. The number of anilines is 2. The quantitative estimate of drug-likeness (QED) is 0.382. The van der Waals surface area contributed by atoms with E-state index in [1.807, 2.05) is 25.4 Å². The predicted octanol–water partition coefficient (Wildman–Crippen LogP) is 4.77. The van der Waals surface area contributed by atoms with Gasteiger partial charge in [-0.2, -0.15) is 18.3 Å². The molecule has 1 amide bonds. The number of rotatable bonds is 5. The van der Waals surface area contributed by atoms with Crippen molar-refractivity contribution in [2.45, 2.75) is 25.1 Å². The van der Waals surface area contributed by atoms with E-state index in [9.17, 15) is 18.0 Å². The molecule has 1 fully saturated rings. The number of carbonyl (C=O) groups is 1. The summed E-state index contributed by atoms with van der Waals surface area (Å²) >= 11 is 0. The summed E-state index contributed by atoms with van der Waals surface area (Å²) in [5.74, 6) is -0.512. The van der Waals surface area contributed by atoms with Crippen LogP contribution in [0.5, 0.6) is 0 Å². The highest BCUT2D eigenvalue weighted by Crippen LogP contribution is 2.35. The van der Waals surface area contributed by atoms with Crippen LogP contribution in [0.4, 0.5) is 24.5 Å². The van der Waals surface area contributed by atoms with Crippen molar-refractivity contribution >= 4 is 28.2 Å². The maximum absolute atomic E-state index is 12.9. The van der Waals surface area contributed by atoms with Gasteiger partial charge in [0.05, 0.1) is 22.8 Å².